The molecular formula is C65H126O17P2. The SMILES string of the molecule is CCCCCCCC(=O)OC[C@H](COP(=O)(O)OC[C@H](O)COP(=O)(O)OC[C@@H](COC(=O)CCCCCCCCCCC(C)C)OC(=O)CCCCCCCCCCCCCCCCCCC(C)C)OC(=O)CCCCCCCCC(C)C. The molecule has 0 rings (SSSR count). The molecule has 0 aromatic rings. The largest absolute Gasteiger partial charge is 0.472 e. The van der Waals surface area contributed by atoms with E-state index in [1.165, 1.54) is 122 Å². The van der Waals surface area contributed by atoms with Gasteiger partial charge in [0.2, 0.25) is 0 Å². The van der Waals surface area contributed by atoms with Gasteiger partial charge in [-0.3, -0.25) is 37.3 Å². The molecule has 0 aliphatic carbocycles. The number of esters is 4. The Morgan fingerprint density at radius 2 is 0.548 bits per heavy atom. The summed E-state index contributed by atoms with van der Waals surface area (Å²) in [6, 6.07) is 0. The molecule has 0 aromatic heterocycles. The third-order valence-electron chi connectivity index (χ3n) is 14.9. The van der Waals surface area contributed by atoms with E-state index in [1.807, 2.05) is 0 Å². The molecule has 0 fully saturated rings. The molecule has 3 N–H and O–H groups in total. The van der Waals surface area contributed by atoms with Crippen molar-refractivity contribution in [1.29, 1.82) is 0 Å². The van der Waals surface area contributed by atoms with E-state index < -0.39 is 97.5 Å². The van der Waals surface area contributed by atoms with Crippen LogP contribution in [0.5, 0.6) is 0 Å². The van der Waals surface area contributed by atoms with Crippen molar-refractivity contribution >= 4 is 39.5 Å². The van der Waals surface area contributed by atoms with E-state index in [0.29, 0.717) is 31.6 Å². The molecule has 0 aromatic carbocycles. The quantitative estimate of drug-likeness (QED) is 0.0222. The molecule has 0 radical (unpaired) electrons. The Morgan fingerprint density at radius 1 is 0.321 bits per heavy atom. The van der Waals surface area contributed by atoms with E-state index in [4.69, 9.17) is 37.0 Å². The van der Waals surface area contributed by atoms with Crippen molar-refractivity contribution < 1.29 is 80.2 Å². The van der Waals surface area contributed by atoms with Gasteiger partial charge in [0.1, 0.15) is 19.3 Å². The number of hydrogen-bond donors (Lipinski definition) is 3. The summed E-state index contributed by atoms with van der Waals surface area (Å²) in [4.78, 5) is 71.9. The van der Waals surface area contributed by atoms with Crippen LogP contribution in [0, 0.1) is 17.8 Å². The molecule has 17 nitrogen and oxygen atoms in total. The van der Waals surface area contributed by atoms with Gasteiger partial charge in [0, 0.05) is 25.7 Å². The van der Waals surface area contributed by atoms with E-state index in [-0.39, 0.29) is 25.7 Å². The van der Waals surface area contributed by atoms with Crippen molar-refractivity contribution in [2.75, 3.05) is 39.6 Å². The first kappa shape index (κ1) is 82.1. The number of carbonyl (C=O) groups excluding carboxylic acids is 4. The number of ether oxygens (including phenoxy) is 4. The number of unbranched alkanes of at least 4 members (excludes halogenated alkanes) is 31. The van der Waals surface area contributed by atoms with Crippen LogP contribution in [0.2, 0.25) is 0 Å². The zero-order chi connectivity index (χ0) is 62.4. The fourth-order valence-electron chi connectivity index (χ4n) is 9.66. The Hall–Kier alpha value is -1.94. The summed E-state index contributed by atoms with van der Waals surface area (Å²) < 4.78 is 67.8. The van der Waals surface area contributed by atoms with Gasteiger partial charge in [0.25, 0.3) is 0 Å². The predicted molar refractivity (Wildman–Crippen MR) is 335 cm³/mol. The van der Waals surface area contributed by atoms with Gasteiger partial charge in [-0.25, -0.2) is 9.13 Å². The van der Waals surface area contributed by atoms with E-state index in [0.717, 1.165) is 108 Å². The number of aliphatic hydroxyl groups excluding tert-OH is 1. The smallest absolute Gasteiger partial charge is 0.462 e. The summed E-state index contributed by atoms with van der Waals surface area (Å²) in [6.07, 6.45) is 38.3. The third kappa shape index (κ3) is 59.0. The maximum absolute atomic E-state index is 13.0. The van der Waals surface area contributed by atoms with Crippen LogP contribution in [0.4, 0.5) is 0 Å². The maximum atomic E-state index is 13.0. The van der Waals surface area contributed by atoms with Crippen molar-refractivity contribution in [2.24, 2.45) is 17.8 Å². The van der Waals surface area contributed by atoms with E-state index >= 15 is 0 Å². The van der Waals surface area contributed by atoms with E-state index in [2.05, 4.69) is 48.5 Å². The lowest BCUT2D eigenvalue weighted by atomic mass is 10.0. The molecule has 0 heterocycles. The zero-order valence-electron chi connectivity index (χ0n) is 54.4. The Morgan fingerprint density at radius 3 is 0.810 bits per heavy atom. The number of rotatable bonds is 63. The minimum absolute atomic E-state index is 0.101. The molecule has 5 atom stereocenters. The first-order chi connectivity index (χ1) is 40.2. The molecule has 0 aliphatic rings. The standard InChI is InChI=1S/C65H126O17P2/c1-8-9-10-29-39-46-62(67)75-52-60(82-65(70)49-42-35-28-27-32-38-45-58(6)7)54-79-83(71,72)77-50-59(66)51-78-84(73,74)80-55-61(53-76-63(68)47-40-33-25-22-21-24-31-37-44-57(4)5)81-64(69)48-41-34-26-20-18-16-14-12-11-13-15-17-19-23-30-36-43-56(2)3/h56-61,66H,8-55H2,1-7H3,(H,71,72)(H,73,74)/t59-,60+,61+/m0/s1. The van der Waals surface area contributed by atoms with Crippen molar-refractivity contribution in [1.82, 2.24) is 0 Å². The average Bonchev–Trinajstić information content (AvgIpc) is 3.51. The first-order valence-electron chi connectivity index (χ1n) is 33.8. The molecule has 0 amide bonds. The van der Waals surface area contributed by atoms with Crippen molar-refractivity contribution in [3.8, 4) is 0 Å². The average molecular weight is 1240 g/mol. The highest BCUT2D eigenvalue weighted by Crippen LogP contribution is 2.45. The molecule has 0 spiro atoms. The third-order valence-corrected chi connectivity index (χ3v) is 16.8. The molecule has 0 bridgehead atoms. The van der Waals surface area contributed by atoms with Crippen LogP contribution in [-0.4, -0.2) is 96.7 Å². The number of phosphoric acid groups is 2. The Labute approximate surface area is 511 Å². The molecule has 2 unspecified atom stereocenters. The van der Waals surface area contributed by atoms with Gasteiger partial charge in [-0.2, -0.15) is 0 Å². The minimum atomic E-state index is -4.94. The summed E-state index contributed by atoms with van der Waals surface area (Å²) in [6.45, 7) is 11.6. The Kier molecular flexibility index (Phi) is 55.0. The molecule has 0 saturated carbocycles. The summed E-state index contributed by atoms with van der Waals surface area (Å²) in [7, 11) is -9.88. The van der Waals surface area contributed by atoms with Crippen molar-refractivity contribution in [2.45, 2.75) is 336 Å². The lowest BCUT2D eigenvalue weighted by molar-refractivity contribution is -0.161. The number of carbonyl (C=O) groups is 4. The van der Waals surface area contributed by atoms with Gasteiger partial charge in [-0.15, -0.1) is 0 Å². The number of hydrogen-bond acceptors (Lipinski definition) is 15. The van der Waals surface area contributed by atoms with Crippen molar-refractivity contribution in [3.05, 3.63) is 0 Å². The lowest BCUT2D eigenvalue weighted by Gasteiger charge is -2.21. The normalized spacial score (nSPS) is 14.3. The van der Waals surface area contributed by atoms with Crippen LogP contribution in [0.1, 0.15) is 318 Å². The maximum Gasteiger partial charge on any atom is 0.472 e. The first-order valence-corrected chi connectivity index (χ1v) is 36.8. The van der Waals surface area contributed by atoms with Gasteiger partial charge in [-0.1, -0.05) is 267 Å². The summed E-state index contributed by atoms with van der Waals surface area (Å²) in [5.74, 6) is 0.0556. The number of phosphoric ester groups is 2. The van der Waals surface area contributed by atoms with Gasteiger partial charge in [0.05, 0.1) is 26.4 Å². The molecule has 0 aliphatic heterocycles. The van der Waals surface area contributed by atoms with Crippen LogP contribution >= 0.6 is 15.6 Å². The minimum Gasteiger partial charge on any atom is -0.462 e. The fraction of sp³-hybridized carbons (Fsp3) is 0.938. The van der Waals surface area contributed by atoms with Crippen LogP contribution in [0.25, 0.3) is 0 Å². The second kappa shape index (κ2) is 56.3. The zero-order valence-corrected chi connectivity index (χ0v) is 56.1. The second-order valence-electron chi connectivity index (χ2n) is 24.9. The molecular weight excluding hydrogens is 1110 g/mol. The van der Waals surface area contributed by atoms with Gasteiger partial charge in [-0.05, 0) is 43.4 Å². The summed E-state index contributed by atoms with van der Waals surface area (Å²) in [5, 5.41) is 10.5. The van der Waals surface area contributed by atoms with E-state index in [1.54, 1.807) is 0 Å². The molecule has 19 heteroatoms. The monoisotopic (exact) mass is 1240 g/mol. The highest BCUT2D eigenvalue weighted by atomic mass is 31.2. The highest BCUT2D eigenvalue weighted by molar-refractivity contribution is 7.47. The van der Waals surface area contributed by atoms with Gasteiger partial charge >= 0.3 is 39.5 Å². The second-order valence-corrected chi connectivity index (χ2v) is 27.8. The fourth-order valence-corrected chi connectivity index (χ4v) is 11.2. The van der Waals surface area contributed by atoms with E-state index in [9.17, 15) is 43.2 Å². The van der Waals surface area contributed by atoms with Crippen LogP contribution < -0.4 is 0 Å². The van der Waals surface area contributed by atoms with Crippen molar-refractivity contribution in [3.63, 3.8) is 0 Å². The highest BCUT2D eigenvalue weighted by Gasteiger charge is 2.30. The molecule has 498 valence electrons. The van der Waals surface area contributed by atoms with Crippen LogP contribution in [0.3, 0.4) is 0 Å². The van der Waals surface area contributed by atoms with Crippen LogP contribution in [0.15, 0.2) is 0 Å². The Balaban J connectivity index is 5.12. The van der Waals surface area contributed by atoms with Gasteiger partial charge < -0.3 is 33.8 Å². The Bertz CT molecular complexity index is 1660. The van der Waals surface area contributed by atoms with Crippen LogP contribution in [-0.2, 0) is 65.4 Å². The topological polar surface area (TPSA) is 237 Å². The summed E-state index contributed by atoms with van der Waals surface area (Å²) >= 11 is 0. The lowest BCUT2D eigenvalue weighted by Crippen LogP contribution is -2.30. The number of aliphatic hydroxyl groups is 1. The molecule has 84 heavy (non-hydrogen) atoms. The van der Waals surface area contributed by atoms with Gasteiger partial charge in [0.15, 0.2) is 12.2 Å². The summed E-state index contributed by atoms with van der Waals surface area (Å²) in [5.41, 5.74) is 0. The molecule has 0 saturated heterocycles. The predicted octanol–water partition coefficient (Wildman–Crippen LogP) is 17.9.